The van der Waals surface area contributed by atoms with Gasteiger partial charge < -0.3 is 33.9 Å². The number of hydrogen-bond donors (Lipinski definition) is 3. The lowest BCUT2D eigenvalue weighted by molar-refractivity contribution is -0.144. The van der Waals surface area contributed by atoms with E-state index < -0.39 is 49.0 Å². The van der Waals surface area contributed by atoms with Crippen LogP contribution in [-0.4, -0.2) is 62.7 Å². The van der Waals surface area contributed by atoms with Crippen molar-refractivity contribution in [3.8, 4) is 5.75 Å². The molecule has 1 unspecified atom stereocenters. The fourth-order valence-corrected chi connectivity index (χ4v) is 3.75. The minimum atomic E-state index is -3.84. The van der Waals surface area contributed by atoms with Crippen molar-refractivity contribution in [2.75, 3.05) is 13.7 Å². The Morgan fingerprint density at radius 2 is 2.06 bits per heavy atom. The Labute approximate surface area is 196 Å². The molecule has 0 aliphatic carbocycles. The summed E-state index contributed by atoms with van der Waals surface area (Å²) >= 11 is 0. The molecule has 1 aliphatic heterocycles. The van der Waals surface area contributed by atoms with Crippen LogP contribution >= 0.6 is 0 Å². The van der Waals surface area contributed by atoms with Crippen LogP contribution in [0.5, 0.6) is 5.75 Å². The van der Waals surface area contributed by atoms with Crippen molar-refractivity contribution in [2.24, 2.45) is 0 Å². The number of rotatable bonds is 8. The van der Waals surface area contributed by atoms with Gasteiger partial charge in [0.25, 0.3) is 0 Å². The summed E-state index contributed by atoms with van der Waals surface area (Å²) in [5.41, 5.74) is -0.247. The summed E-state index contributed by atoms with van der Waals surface area (Å²) in [6.07, 6.45) is -5.48. The van der Waals surface area contributed by atoms with Crippen LogP contribution in [0.25, 0.3) is 11.0 Å². The predicted octanol–water partition coefficient (Wildman–Crippen LogP) is 0.662. The highest BCUT2D eigenvalue weighted by molar-refractivity contribution is 5.83. The first-order valence-corrected chi connectivity index (χ1v) is 10.4. The van der Waals surface area contributed by atoms with Gasteiger partial charge in [-0.25, -0.2) is 4.79 Å². The molecule has 4 rings (SSSR count). The minimum absolute atomic E-state index is 0.0336. The number of ether oxygens (including phenoxy) is 3. The van der Waals surface area contributed by atoms with Gasteiger partial charge in [-0.2, -0.15) is 13.8 Å². The second-order valence-corrected chi connectivity index (χ2v) is 7.85. The van der Waals surface area contributed by atoms with Crippen molar-refractivity contribution >= 4 is 16.9 Å². The van der Waals surface area contributed by atoms with Gasteiger partial charge in [0.2, 0.25) is 6.23 Å². The van der Waals surface area contributed by atoms with Crippen molar-refractivity contribution in [1.82, 2.24) is 9.55 Å². The molecule has 188 valence electrons. The third-order valence-corrected chi connectivity index (χ3v) is 5.52. The highest BCUT2D eigenvalue weighted by atomic mass is 19.3. The van der Waals surface area contributed by atoms with Crippen molar-refractivity contribution < 1.29 is 47.5 Å². The SMILES string of the molecule is COc1cc(CO)c2oc(COC(=O)Cc3ccn(C4O[C@H](CO)[C@@H](O)C4(F)F)c(=O)n3)cc2c1. The number of benzene rings is 1. The molecule has 1 saturated heterocycles. The lowest BCUT2D eigenvalue weighted by Crippen LogP contribution is -2.41. The van der Waals surface area contributed by atoms with E-state index in [1.807, 2.05) is 0 Å². The molecule has 3 aromatic rings. The monoisotopic (exact) mass is 496 g/mol. The fourth-order valence-electron chi connectivity index (χ4n) is 3.75. The zero-order valence-corrected chi connectivity index (χ0v) is 18.4. The van der Waals surface area contributed by atoms with E-state index in [0.717, 1.165) is 6.20 Å². The van der Waals surface area contributed by atoms with Gasteiger partial charge in [-0.1, -0.05) is 0 Å². The van der Waals surface area contributed by atoms with Gasteiger partial charge in [0.15, 0.2) is 6.10 Å². The van der Waals surface area contributed by atoms with E-state index in [1.165, 1.54) is 13.2 Å². The number of carbonyl (C=O) groups is 1. The largest absolute Gasteiger partial charge is 0.497 e. The third kappa shape index (κ3) is 4.75. The van der Waals surface area contributed by atoms with E-state index in [-0.39, 0.29) is 18.9 Å². The maximum atomic E-state index is 14.3. The molecule has 3 N–H and O–H groups in total. The number of aliphatic hydroxyl groups excluding tert-OH is 3. The number of aromatic nitrogens is 2. The zero-order chi connectivity index (χ0) is 25.3. The van der Waals surface area contributed by atoms with Gasteiger partial charge in [0.1, 0.15) is 29.8 Å². The number of nitrogens with zero attached hydrogens (tertiary/aromatic N) is 2. The van der Waals surface area contributed by atoms with Crippen LogP contribution < -0.4 is 10.4 Å². The van der Waals surface area contributed by atoms with Gasteiger partial charge in [-0.05, 0) is 24.3 Å². The zero-order valence-electron chi connectivity index (χ0n) is 18.4. The third-order valence-electron chi connectivity index (χ3n) is 5.52. The lowest BCUT2D eigenvalue weighted by Gasteiger charge is -2.21. The summed E-state index contributed by atoms with van der Waals surface area (Å²) in [7, 11) is 1.49. The number of methoxy groups -OCH3 is 1. The van der Waals surface area contributed by atoms with Gasteiger partial charge in [-0.15, -0.1) is 0 Å². The van der Waals surface area contributed by atoms with E-state index in [4.69, 9.17) is 23.7 Å². The van der Waals surface area contributed by atoms with E-state index in [1.54, 1.807) is 18.2 Å². The molecule has 0 spiro atoms. The summed E-state index contributed by atoms with van der Waals surface area (Å²) < 4.78 is 49.9. The predicted molar refractivity (Wildman–Crippen MR) is 113 cm³/mol. The number of alkyl halides is 2. The maximum absolute atomic E-state index is 14.3. The Hall–Kier alpha value is -3.39. The summed E-state index contributed by atoms with van der Waals surface area (Å²) in [6.45, 7) is -1.38. The standard InChI is InChI=1S/C22H22F2N2O9/c1-32-14-4-11-5-15(34-18(11)12(6-14)8-27)10-33-17(29)7-13-2-3-26(21(31)25-13)20-22(23,24)19(30)16(9-28)35-20/h2-6,16,19-20,27-28,30H,7-10H2,1H3/t16-,19-,20?/m1/s1. The second-order valence-electron chi connectivity index (χ2n) is 7.85. The number of hydrogen-bond acceptors (Lipinski definition) is 10. The minimum Gasteiger partial charge on any atom is -0.497 e. The van der Waals surface area contributed by atoms with Crippen molar-refractivity contribution in [1.29, 1.82) is 0 Å². The highest BCUT2D eigenvalue weighted by Gasteiger charge is 2.59. The molecule has 3 atom stereocenters. The quantitative estimate of drug-likeness (QED) is 0.379. The Balaban J connectivity index is 1.42. The van der Waals surface area contributed by atoms with Gasteiger partial charge in [-0.3, -0.25) is 9.36 Å². The van der Waals surface area contributed by atoms with Crippen LogP contribution in [0.2, 0.25) is 0 Å². The maximum Gasteiger partial charge on any atom is 0.350 e. The van der Waals surface area contributed by atoms with Crippen LogP contribution in [0.1, 0.15) is 23.2 Å². The fraction of sp³-hybridized carbons (Fsp3) is 0.409. The molecule has 1 aromatic carbocycles. The lowest BCUT2D eigenvalue weighted by atomic mass is 10.1. The first-order valence-electron chi connectivity index (χ1n) is 10.4. The van der Waals surface area contributed by atoms with Crippen LogP contribution in [0, 0.1) is 0 Å². The molecule has 13 heteroatoms. The second kappa shape index (κ2) is 9.70. The number of esters is 1. The Bertz CT molecular complexity index is 1290. The molecule has 1 aliphatic rings. The molecule has 0 radical (unpaired) electrons. The van der Waals surface area contributed by atoms with Gasteiger partial charge in [0.05, 0.1) is 32.4 Å². The molecule has 11 nitrogen and oxygen atoms in total. The molecular weight excluding hydrogens is 474 g/mol. The summed E-state index contributed by atoms with van der Waals surface area (Å²) in [4.78, 5) is 28.1. The summed E-state index contributed by atoms with van der Waals surface area (Å²) in [6, 6.07) is 6.11. The topological polar surface area (TPSA) is 153 Å². The normalized spacial score (nSPS) is 21.4. The van der Waals surface area contributed by atoms with Crippen molar-refractivity contribution in [3.05, 3.63) is 58.0 Å². The van der Waals surface area contributed by atoms with Crippen LogP contribution in [0.3, 0.4) is 0 Å². The molecular formula is C22H22F2N2O9. The molecule has 0 bridgehead atoms. The van der Waals surface area contributed by atoms with Gasteiger partial charge >= 0.3 is 17.6 Å². The molecule has 35 heavy (non-hydrogen) atoms. The Morgan fingerprint density at radius 3 is 2.69 bits per heavy atom. The van der Waals surface area contributed by atoms with E-state index in [9.17, 15) is 28.6 Å². The number of aliphatic hydroxyl groups is 3. The van der Waals surface area contributed by atoms with Crippen molar-refractivity contribution in [3.63, 3.8) is 0 Å². The number of fused-ring (bicyclic) bond motifs is 1. The molecule has 2 aromatic heterocycles. The van der Waals surface area contributed by atoms with E-state index in [0.29, 0.717) is 32.6 Å². The Kier molecular flexibility index (Phi) is 6.85. The first-order chi connectivity index (χ1) is 16.7. The van der Waals surface area contributed by atoms with Crippen LogP contribution in [-0.2, 0) is 33.9 Å². The molecule has 0 amide bonds. The van der Waals surface area contributed by atoms with Crippen LogP contribution in [0.15, 0.2) is 39.7 Å². The first kappa shape index (κ1) is 24.7. The molecule has 1 fully saturated rings. The van der Waals surface area contributed by atoms with Gasteiger partial charge in [0, 0.05) is 17.1 Å². The molecule has 0 saturated carbocycles. The summed E-state index contributed by atoms with van der Waals surface area (Å²) in [5.74, 6) is -3.77. The average Bonchev–Trinajstić information content (AvgIpc) is 3.35. The summed E-state index contributed by atoms with van der Waals surface area (Å²) in [5, 5.41) is 28.8. The van der Waals surface area contributed by atoms with Crippen LogP contribution in [0.4, 0.5) is 8.78 Å². The van der Waals surface area contributed by atoms with E-state index in [2.05, 4.69) is 4.98 Å². The number of halogens is 2. The van der Waals surface area contributed by atoms with Crippen molar-refractivity contribution in [2.45, 2.75) is 44.0 Å². The smallest absolute Gasteiger partial charge is 0.350 e. The number of carbonyl (C=O) groups excluding carboxylic acids is 1. The van der Waals surface area contributed by atoms with E-state index >= 15 is 0 Å². The number of furan rings is 1. The molecule has 3 heterocycles. The average molecular weight is 496 g/mol. The Morgan fingerprint density at radius 1 is 1.29 bits per heavy atom. The highest BCUT2D eigenvalue weighted by Crippen LogP contribution is 2.41.